The fraction of sp³-hybridized carbons (Fsp3) is 0.114. The number of aromatic nitrogens is 19. The molecule has 0 fully saturated rings. The number of allylic oxidation sites excluding steroid dienone is 2. The van der Waals surface area contributed by atoms with Gasteiger partial charge in [0, 0.05) is 94.9 Å². The lowest BCUT2D eigenvalue weighted by Crippen LogP contribution is -2.03. The lowest BCUT2D eigenvalue weighted by Gasteiger charge is -2.11. The standard InChI is InChI=1S/C16H15ClN4O.C15H14ClN5O.C15H13ClN4O2.2C14H12ClN5O.C14H11ClN4O/c1-8-9(2)19-6-11(8)16-15(20-7-14(18)21-16)10-3-4-13(22)12(17)5-10;1-8-6-19-21(2)15(8)14-13(18-7-12(17)20-14)9-3-4-11(22)10(16)5-9;1-7-15(22-8(2)19-7)14-13(18-6-12(17)20-14)9-3-4-11(21)10(16)5-9;1-7-9(5-18-20-7)14-13(17-6-12(16)19-14)8-2-3-11(21)10(15)4-8;1-20-10(4-5-18-20)14-13(17-7-12(16)19-14)8-2-3-11(21)9(15)6-8;15-10-5-8(1-2-11(10)20)13-14(9-3-4-17-6-9)19-12(16)7-18-13/h3-5,7,22H,6H2,1-2H3,(H2,18,21);3-7,22H,1-2H3,(H2,17,20);3-6,21H,1-2H3,(H2,17,20);2-6,21H,1H3,(H2,16,19)(H,18,20);2-7,21H,1H3,(H2,16,19);1-5,7,20H,6H2,(H2,16,19). The fourth-order valence-electron chi connectivity index (χ4n) is 13.0. The first-order valence-corrected chi connectivity index (χ1v) is 40.4. The SMILES string of the molecule is CC1=NCC(c2nc(N)cnc2-c2ccc(O)c(Cl)c2)=C1C.Cc1[nH]ncc1-c1nc(N)cnc1-c1ccc(O)c(Cl)c1.Cc1cnn(C)c1-c1nc(N)cnc1-c1ccc(O)c(Cl)c1.Cc1nc(C)c(-c2nc(N)cnc2-c2ccc(O)c(Cl)c2)o1.Cn1nccc1-c1nc(N)cnc1-c1ccc(O)c(Cl)c1.Nc1cnc(-c2ccc(O)c(Cl)c2)c(C2=CC=NC2)n1. The number of phenolic OH excluding ortho intramolecular Hbond substituents is 6. The van der Waals surface area contributed by atoms with Gasteiger partial charge in [0.25, 0.3) is 0 Å². The van der Waals surface area contributed by atoms with Crippen LogP contribution in [0.1, 0.15) is 48.1 Å². The first-order valence-electron chi connectivity index (χ1n) is 38.2. The van der Waals surface area contributed by atoms with Crippen LogP contribution in [-0.4, -0.2) is 150 Å². The van der Waals surface area contributed by atoms with Crippen molar-refractivity contribution in [2.45, 2.75) is 41.5 Å². The van der Waals surface area contributed by atoms with E-state index in [9.17, 15) is 30.6 Å². The van der Waals surface area contributed by atoms with Gasteiger partial charge in [-0.15, -0.1) is 0 Å². The number of rotatable bonds is 12. The molecule has 12 heterocycles. The van der Waals surface area contributed by atoms with Gasteiger partial charge in [0.15, 0.2) is 11.7 Å². The minimum atomic E-state index is 0.00191. The minimum absolute atomic E-state index is 0.00191. The predicted octanol–water partition coefficient (Wildman–Crippen LogP) is 17.3. The molecule has 6 aromatic carbocycles. The normalized spacial score (nSPS) is 11.9. The molecule has 0 atom stereocenters. The Hall–Kier alpha value is -15.2. The van der Waals surface area contributed by atoms with E-state index in [1.807, 2.05) is 60.9 Å². The second-order valence-corrected chi connectivity index (χ2v) is 30.8. The molecule has 0 saturated carbocycles. The summed E-state index contributed by atoms with van der Waals surface area (Å²) in [6.45, 7) is 12.5. The number of aromatic hydroxyl groups is 6. The topological polar surface area (TPSA) is 547 Å². The molecule has 34 nitrogen and oxygen atoms in total. The summed E-state index contributed by atoms with van der Waals surface area (Å²) in [5.74, 6) is 3.11. The van der Waals surface area contributed by atoms with E-state index in [0.29, 0.717) is 133 Å². The van der Waals surface area contributed by atoms with Crippen LogP contribution < -0.4 is 34.4 Å². The summed E-state index contributed by atoms with van der Waals surface area (Å²) in [5, 5.41) is 74.0. The van der Waals surface area contributed by atoms with Gasteiger partial charge in [0.1, 0.15) is 97.9 Å². The number of nitrogens with two attached hydrogens (primary N) is 6. The number of nitrogens with zero attached hydrogens (tertiary/aromatic N) is 20. The second kappa shape index (κ2) is 39.3. The molecule has 2 aliphatic heterocycles. The molecular weight excluding hydrogens is 1760 g/mol. The molecule has 16 aromatic rings. The quantitative estimate of drug-likeness (QED) is 0.0540. The van der Waals surface area contributed by atoms with Crippen LogP contribution >= 0.6 is 69.6 Å². The molecule has 19 N–H and O–H groups in total. The number of halogens is 6. The van der Waals surface area contributed by atoms with Gasteiger partial charge in [0.05, 0.1) is 150 Å². The molecule has 40 heteroatoms. The fourth-order valence-corrected chi connectivity index (χ4v) is 14.1. The largest absolute Gasteiger partial charge is 0.506 e. The Morgan fingerprint density at radius 1 is 0.383 bits per heavy atom. The molecule has 2 aliphatic rings. The van der Waals surface area contributed by atoms with Gasteiger partial charge in [-0.1, -0.05) is 69.6 Å². The van der Waals surface area contributed by atoms with E-state index in [1.165, 1.54) is 73.6 Å². The average Bonchev–Trinajstić information content (AvgIpc) is 1.36. The Bertz CT molecular complexity index is 6900. The van der Waals surface area contributed by atoms with Gasteiger partial charge in [-0.3, -0.25) is 49.4 Å². The summed E-state index contributed by atoms with van der Waals surface area (Å²) in [5.41, 5.74) is 55.5. The number of nitrogen functional groups attached to an aromatic ring is 6. The van der Waals surface area contributed by atoms with Crippen LogP contribution in [0.5, 0.6) is 34.5 Å². The third-order valence-corrected chi connectivity index (χ3v) is 21.2. The Kier molecular flexibility index (Phi) is 27.8. The molecule has 128 heavy (non-hydrogen) atoms. The van der Waals surface area contributed by atoms with E-state index in [-0.39, 0.29) is 70.5 Å². The highest BCUT2D eigenvalue weighted by atomic mass is 35.5. The average molecular weight is 1840 g/mol. The smallest absolute Gasteiger partial charge is 0.192 e. The summed E-state index contributed by atoms with van der Waals surface area (Å²) in [4.78, 5) is 65.2. The summed E-state index contributed by atoms with van der Waals surface area (Å²) >= 11 is 35.8. The Morgan fingerprint density at radius 3 is 1.09 bits per heavy atom. The summed E-state index contributed by atoms with van der Waals surface area (Å²) in [6.07, 6.45) is 17.6. The maximum Gasteiger partial charge on any atom is 0.192 e. The molecule has 18 rings (SSSR count). The van der Waals surface area contributed by atoms with Crippen molar-refractivity contribution >= 4 is 128 Å². The number of aliphatic imine (C=N–C) groups is 2. The van der Waals surface area contributed by atoms with E-state index in [0.717, 1.165) is 78.5 Å². The maximum absolute atomic E-state index is 9.58. The Labute approximate surface area is 759 Å². The number of benzene rings is 6. The van der Waals surface area contributed by atoms with Crippen molar-refractivity contribution in [3.63, 3.8) is 0 Å². The number of hydrogen-bond donors (Lipinski definition) is 13. The molecule has 648 valence electrons. The minimum Gasteiger partial charge on any atom is -0.506 e. The molecule has 0 spiro atoms. The van der Waals surface area contributed by atoms with Crippen LogP contribution in [0.3, 0.4) is 0 Å². The van der Waals surface area contributed by atoms with Crippen molar-refractivity contribution in [1.29, 1.82) is 0 Å². The van der Waals surface area contributed by atoms with Gasteiger partial charge >= 0.3 is 0 Å². The maximum atomic E-state index is 9.58. The van der Waals surface area contributed by atoms with Crippen molar-refractivity contribution in [3.05, 3.63) is 247 Å². The molecule has 0 aliphatic carbocycles. The lowest BCUT2D eigenvalue weighted by atomic mass is 10.0. The summed E-state index contributed by atoms with van der Waals surface area (Å²) in [7, 11) is 3.65. The number of aryl methyl sites for hydroxylation is 6. The van der Waals surface area contributed by atoms with E-state index in [2.05, 4.69) is 95.2 Å². The van der Waals surface area contributed by atoms with E-state index >= 15 is 0 Å². The van der Waals surface area contributed by atoms with Crippen LogP contribution in [0.15, 0.2) is 197 Å². The number of anilines is 6. The lowest BCUT2D eigenvalue weighted by molar-refractivity contribution is 0.475. The van der Waals surface area contributed by atoms with E-state index < -0.39 is 0 Å². The van der Waals surface area contributed by atoms with Crippen molar-refractivity contribution in [3.8, 4) is 148 Å². The van der Waals surface area contributed by atoms with Gasteiger partial charge < -0.3 is 69.5 Å². The van der Waals surface area contributed by atoms with Crippen LogP contribution in [0.25, 0.3) is 124 Å². The zero-order valence-corrected chi connectivity index (χ0v) is 73.5. The van der Waals surface area contributed by atoms with Crippen molar-refractivity contribution in [2.24, 2.45) is 24.1 Å². The van der Waals surface area contributed by atoms with Crippen molar-refractivity contribution < 1.29 is 35.1 Å². The number of oxazole rings is 1. The molecule has 0 amide bonds. The Morgan fingerprint density at radius 2 is 0.750 bits per heavy atom. The van der Waals surface area contributed by atoms with Gasteiger partial charge in [0.2, 0.25) is 0 Å². The summed E-state index contributed by atoms with van der Waals surface area (Å²) in [6, 6.07) is 31.2. The first-order chi connectivity index (χ1) is 61.2. The highest BCUT2D eigenvalue weighted by molar-refractivity contribution is 6.34. The third-order valence-electron chi connectivity index (χ3n) is 19.4. The van der Waals surface area contributed by atoms with Crippen LogP contribution in [-0.2, 0) is 14.1 Å². The van der Waals surface area contributed by atoms with Gasteiger partial charge in [-0.05, 0) is 167 Å². The zero-order valence-electron chi connectivity index (χ0n) is 69.0. The summed E-state index contributed by atoms with van der Waals surface area (Å²) < 4.78 is 9.04. The highest BCUT2D eigenvalue weighted by Crippen LogP contribution is 2.42. The number of nitrogens with one attached hydrogen (secondary N) is 1. The molecular formula is C88H77Cl6N27O7. The van der Waals surface area contributed by atoms with E-state index in [1.54, 1.807) is 114 Å². The van der Waals surface area contributed by atoms with Crippen LogP contribution in [0, 0.1) is 27.7 Å². The Balaban J connectivity index is 0.000000131. The van der Waals surface area contributed by atoms with Crippen LogP contribution in [0.2, 0.25) is 30.1 Å². The molecule has 10 aromatic heterocycles. The predicted molar refractivity (Wildman–Crippen MR) is 500 cm³/mol. The molecule has 0 bridgehead atoms. The molecule has 0 saturated heterocycles. The molecule has 0 unspecified atom stereocenters. The molecule has 0 radical (unpaired) electrons. The van der Waals surface area contributed by atoms with E-state index in [4.69, 9.17) is 108 Å². The highest BCUT2D eigenvalue weighted by Gasteiger charge is 2.26. The van der Waals surface area contributed by atoms with Crippen molar-refractivity contribution in [1.82, 2.24) is 94.6 Å². The number of H-pyrrole nitrogens is 1. The first kappa shape index (κ1) is 90.5. The van der Waals surface area contributed by atoms with Crippen molar-refractivity contribution in [2.75, 3.05) is 47.5 Å². The monoisotopic (exact) mass is 1830 g/mol. The van der Waals surface area contributed by atoms with Crippen LogP contribution in [0.4, 0.5) is 34.9 Å². The second-order valence-electron chi connectivity index (χ2n) is 28.3. The number of phenols is 6. The number of hydrogen-bond acceptors (Lipinski definition) is 31. The number of aromatic amines is 1. The van der Waals surface area contributed by atoms with Gasteiger partial charge in [-0.25, -0.2) is 39.9 Å². The third kappa shape index (κ3) is 20.7. The van der Waals surface area contributed by atoms with Gasteiger partial charge in [-0.2, -0.15) is 15.3 Å². The zero-order chi connectivity index (χ0) is 91.6.